The molecule has 0 radical (unpaired) electrons. The van der Waals surface area contributed by atoms with Crippen LogP contribution in [0.2, 0.25) is 4.34 Å². The van der Waals surface area contributed by atoms with E-state index in [4.69, 9.17) is 21.1 Å². The Bertz CT molecular complexity index is 832. The van der Waals surface area contributed by atoms with E-state index in [9.17, 15) is 9.18 Å². The third kappa shape index (κ3) is 4.22. The van der Waals surface area contributed by atoms with Crippen molar-refractivity contribution in [2.45, 2.75) is 6.42 Å². The number of carboxylic acids is 1. The molecule has 2 aromatic heterocycles. The molecule has 2 heterocycles. The molecule has 8 heteroatoms. The molecule has 0 aliphatic carbocycles. The third-order valence-electron chi connectivity index (χ3n) is 2.91. The van der Waals surface area contributed by atoms with Crippen LogP contribution in [0, 0.1) is 5.82 Å². The van der Waals surface area contributed by atoms with Gasteiger partial charge < -0.3 is 9.52 Å². The van der Waals surface area contributed by atoms with Gasteiger partial charge in [-0.1, -0.05) is 11.6 Å². The molecule has 114 valence electrons. The van der Waals surface area contributed by atoms with Crippen molar-refractivity contribution >= 4 is 58.5 Å². The van der Waals surface area contributed by atoms with E-state index < -0.39 is 5.97 Å². The van der Waals surface area contributed by atoms with Crippen LogP contribution in [0.3, 0.4) is 0 Å². The molecule has 3 aromatic rings. The Hall–Kier alpha value is -1.18. The zero-order chi connectivity index (χ0) is 15.7. The van der Waals surface area contributed by atoms with Crippen LogP contribution in [0.4, 0.5) is 4.39 Å². The van der Waals surface area contributed by atoms with Gasteiger partial charge in [0.25, 0.3) is 0 Å². The molecule has 0 bridgehead atoms. The predicted molar refractivity (Wildman–Crippen MR) is 88.7 cm³/mol. The zero-order valence-electron chi connectivity index (χ0n) is 11.0. The summed E-state index contributed by atoms with van der Waals surface area (Å²) in [6, 6.07) is 9.09. The van der Waals surface area contributed by atoms with Gasteiger partial charge in [0.1, 0.15) is 23.7 Å². The maximum atomic E-state index is 13.0. The van der Waals surface area contributed by atoms with E-state index in [2.05, 4.69) is 4.98 Å². The number of aromatic nitrogens is 1. The summed E-state index contributed by atoms with van der Waals surface area (Å²) in [5.74, 6) is -0.904. The summed E-state index contributed by atoms with van der Waals surface area (Å²) in [5.41, 5.74) is 1.01. The second-order valence-corrected chi connectivity index (χ2v) is 6.19. The first-order valence-electron chi connectivity index (χ1n) is 6.26. The van der Waals surface area contributed by atoms with E-state index in [1.54, 1.807) is 12.1 Å². The number of hydrogen-bond donors (Lipinski definition) is 1. The first-order valence-corrected chi connectivity index (χ1v) is 7.45. The van der Waals surface area contributed by atoms with Crippen LogP contribution >= 0.6 is 22.9 Å². The van der Waals surface area contributed by atoms with Gasteiger partial charge in [-0.2, -0.15) is 0 Å². The first-order chi connectivity index (χ1) is 10.5. The summed E-state index contributed by atoms with van der Waals surface area (Å²) in [6.45, 7) is 0. The normalized spacial score (nSPS) is 10.3. The second kappa shape index (κ2) is 7.59. The van der Waals surface area contributed by atoms with Crippen molar-refractivity contribution in [1.82, 2.24) is 4.98 Å². The Labute approximate surface area is 162 Å². The molecule has 0 saturated carbocycles. The molecule has 4 nitrogen and oxygen atoms in total. The van der Waals surface area contributed by atoms with Crippen molar-refractivity contribution in [3.63, 3.8) is 0 Å². The van der Waals surface area contributed by atoms with Crippen LogP contribution in [0.15, 0.2) is 40.8 Å². The molecular formula is C15H10ClFNNaO3S. The third-order valence-corrected chi connectivity index (χ3v) is 4.14. The minimum absolute atomic E-state index is 0. The topological polar surface area (TPSA) is 63.3 Å². The van der Waals surface area contributed by atoms with Gasteiger partial charge in [0.2, 0.25) is 5.89 Å². The zero-order valence-corrected chi connectivity index (χ0v) is 12.6. The van der Waals surface area contributed by atoms with Gasteiger partial charge in [-0.3, -0.25) is 4.79 Å². The average molecular weight is 362 g/mol. The van der Waals surface area contributed by atoms with Gasteiger partial charge in [-0.05, 0) is 36.4 Å². The first kappa shape index (κ1) is 18.2. The van der Waals surface area contributed by atoms with E-state index in [-0.39, 0.29) is 53.4 Å². The van der Waals surface area contributed by atoms with Crippen LogP contribution in [-0.4, -0.2) is 45.6 Å². The van der Waals surface area contributed by atoms with Gasteiger partial charge in [0.05, 0.1) is 9.21 Å². The van der Waals surface area contributed by atoms with E-state index in [1.165, 1.54) is 35.6 Å². The molecule has 0 saturated heterocycles. The number of thiophene rings is 1. The fourth-order valence-electron chi connectivity index (χ4n) is 1.96. The van der Waals surface area contributed by atoms with Crippen molar-refractivity contribution in [2.24, 2.45) is 0 Å². The van der Waals surface area contributed by atoms with Gasteiger partial charge in [0, 0.05) is 5.56 Å². The van der Waals surface area contributed by atoms with Crippen LogP contribution < -0.4 is 0 Å². The number of benzene rings is 1. The number of nitrogens with zero attached hydrogens (tertiary/aromatic N) is 1. The molecule has 0 aliphatic heterocycles. The molecule has 0 amide bonds. The number of oxazole rings is 1. The Morgan fingerprint density at radius 1 is 1.26 bits per heavy atom. The van der Waals surface area contributed by atoms with Crippen molar-refractivity contribution in [3.8, 4) is 22.0 Å². The fourth-order valence-corrected chi connectivity index (χ4v) is 3.01. The number of halogens is 2. The number of carbonyl (C=O) groups is 1. The Kier molecular flexibility index (Phi) is 6.00. The van der Waals surface area contributed by atoms with Gasteiger partial charge >= 0.3 is 35.5 Å². The van der Waals surface area contributed by atoms with Crippen LogP contribution in [0.1, 0.15) is 5.76 Å². The quantitative estimate of drug-likeness (QED) is 0.717. The molecule has 0 aliphatic rings. The molecule has 0 unspecified atom stereocenters. The Morgan fingerprint density at radius 2 is 1.96 bits per heavy atom. The van der Waals surface area contributed by atoms with Crippen molar-refractivity contribution in [1.29, 1.82) is 0 Å². The number of hydrogen-bond acceptors (Lipinski definition) is 4. The van der Waals surface area contributed by atoms with E-state index in [1.807, 2.05) is 0 Å². The average Bonchev–Trinajstić information content (AvgIpc) is 3.05. The molecular weight excluding hydrogens is 352 g/mol. The van der Waals surface area contributed by atoms with Crippen LogP contribution in [0.25, 0.3) is 22.0 Å². The molecule has 23 heavy (non-hydrogen) atoms. The summed E-state index contributed by atoms with van der Waals surface area (Å²) >= 11 is 7.19. The van der Waals surface area contributed by atoms with Gasteiger partial charge in [0.15, 0.2) is 0 Å². The van der Waals surface area contributed by atoms with Gasteiger partial charge in [-0.15, -0.1) is 11.3 Å². The molecule has 3 rings (SSSR count). The number of carboxylic acid groups (broad SMARTS) is 1. The molecule has 1 N–H and O–H groups in total. The number of aliphatic carboxylic acids is 1. The summed E-state index contributed by atoms with van der Waals surface area (Å²) in [7, 11) is 0. The van der Waals surface area contributed by atoms with E-state index in [0.29, 0.717) is 15.6 Å². The van der Waals surface area contributed by atoms with Gasteiger partial charge in [-0.25, -0.2) is 9.37 Å². The Balaban J connectivity index is 0.00000192. The standard InChI is InChI=1S/C15H9ClFNO3S.Na.H/c16-12-6-5-11(22-12)14-10(7-13(19)20)21-15(18-14)8-1-3-9(17)4-2-8;;/h1-6H,7H2,(H,19,20);;. The van der Waals surface area contributed by atoms with Crippen molar-refractivity contribution in [3.05, 3.63) is 52.3 Å². The van der Waals surface area contributed by atoms with Crippen LogP contribution in [-0.2, 0) is 11.2 Å². The number of rotatable bonds is 4. The summed E-state index contributed by atoms with van der Waals surface area (Å²) in [4.78, 5) is 16.1. The van der Waals surface area contributed by atoms with Crippen molar-refractivity contribution < 1.29 is 18.7 Å². The van der Waals surface area contributed by atoms with Crippen molar-refractivity contribution in [2.75, 3.05) is 0 Å². The summed E-state index contributed by atoms with van der Waals surface area (Å²) in [5, 5.41) is 9.00. The predicted octanol–water partition coefficient (Wildman–Crippen LogP) is 3.84. The Morgan fingerprint density at radius 3 is 2.52 bits per heavy atom. The molecule has 0 fully saturated rings. The SMILES string of the molecule is O=C(O)Cc1oc(-c2ccc(F)cc2)nc1-c1ccc(Cl)s1.[NaH]. The van der Waals surface area contributed by atoms with E-state index in [0.717, 1.165) is 4.88 Å². The minimum atomic E-state index is -1.02. The molecule has 1 aromatic carbocycles. The molecule has 0 atom stereocenters. The van der Waals surface area contributed by atoms with E-state index >= 15 is 0 Å². The maximum absolute atomic E-state index is 13.0. The second-order valence-electron chi connectivity index (χ2n) is 4.47. The molecule has 0 spiro atoms. The fraction of sp³-hybridized carbons (Fsp3) is 0.0667. The van der Waals surface area contributed by atoms with Crippen LogP contribution in [0.5, 0.6) is 0 Å². The monoisotopic (exact) mass is 361 g/mol. The summed E-state index contributed by atoms with van der Waals surface area (Å²) < 4.78 is 19.1. The summed E-state index contributed by atoms with van der Waals surface area (Å²) in [6.07, 6.45) is -0.293.